The van der Waals surface area contributed by atoms with Crippen LogP contribution in [0, 0.1) is 0 Å². The fourth-order valence-electron chi connectivity index (χ4n) is 2.43. The van der Waals surface area contributed by atoms with Crippen LogP contribution < -0.4 is 5.32 Å². The summed E-state index contributed by atoms with van der Waals surface area (Å²) in [5.74, 6) is -0.106. The molecule has 0 radical (unpaired) electrons. The molecule has 2 fully saturated rings. The van der Waals surface area contributed by atoms with Gasteiger partial charge in [-0.2, -0.15) is 0 Å². The van der Waals surface area contributed by atoms with E-state index in [0.717, 1.165) is 32.6 Å². The van der Waals surface area contributed by atoms with Crippen molar-refractivity contribution in [1.82, 2.24) is 10.2 Å². The summed E-state index contributed by atoms with van der Waals surface area (Å²) in [6.07, 6.45) is 4.27. The van der Waals surface area contributed by atoms with E-state index in [1.165, 1.54) is 12.8 Å². The van der Waals surface area contributed by atoms with E-state index in [-0.39, 0.29) is 12.0 Å². The van der Waals surface area contributed by atoms with Crippen molar-refractivity contribution in [2.45, 2.75) is 50.7 Å². The maximum absolute atomic E-state index is 11.9. The molecule has 2 atom stereocenters. The summed E-state index contributed by atoms with van der Waals surface area (Å²) in [4.78, 5) is 14.2. The minimum atomic E-state index is -0.155. The summed E-state index contributed by atoms with van der Waals surface area (Å²) in [7, 11) is 2.11. The molecule has 19 heavy (non-hydrogen) atoms. The fourth-order valence-corrected chi connectivity index (χ4v) is 2.43. The van der Waals surface area contributed by atoms with E-state index in [0.29, 0.717) is 18.7 Å². The number of rotatable bonds is 8. The second-order valence-corrected chi connectivity index (χ2v) is 5.53. The van der Waals surface area contributed by atoms with E-state index in [9.17, 15) is 4.79 Å². The van der Waals surface area contributed by atoms with Crippen LogP contribution in [0.1, 0.15) is 32.6 Å². The minimum absolute atomic E-state index is 0.106. The molecule has 1 heterocycles. The molecule has 5 nitrogen and oxygen atoms in total. The Hall–Kier alpha value is -0.650. The summed E-state index contributed by atoms with van der Waals surface area (Å²) >= 11 is 0. The number of nitrogens with zero attached hydrogens (tertiary/aromatic N) is 1. The molecule has 0 aromatic carbocycles. The number of carbonyl (C=O) groups is 1. The lowest BCUT2D eigenvalue weighted by atomic mass is 10.1. The van der Waals surface area contributed by atoms with Gasteiger partial charge in [-0.3, -0.25) is 4.79 Å². The van der Waals surface area contributed by atoms with Gasteiger partial charge in [-0.25, -0.2) is 0 Å². The quantitative estimate of drug-likeness (QED) is 0.661. The van der Waals surface area contributed by atoms with Gasteiger partial charge in [0.25, 0.3) is 0 Å². The Balaban J connectivity index is 1.75. The molecule has 5 heteroatoms. The van der Waals surface area contributed by atoms with Crippen LogP contribution in [0.2, 0.25) is 0 Å². The molecule has 2 rings (SSSR count). The second-order valence-electron chi connectivity index (χ2n) is 5.53. The lowest BCUT2D eigenvalue weighted by Gasteiger charge is -2.25. The van der Waals surface area contributed by atoms with Crippen LogP contribution in [0.25, 0.3) is 0 Å². The first-order valence-electron chi connectivity index (χ1n) is 7.41. The number of carbonyl (C=O) groups excluding carboxylic acids is 1. The van der Waals surface area contributed by atoms with Crippen molar-refractivity contribution in [3.8, 4) is 0 Å². The van der Waals surface area contributed by atoms with E-state index in [1.54, 1.807) is 0 Å². The molecule has 1 saturated carbocycles. The summed E-state index contributed by atoms with van der Waals surface area (Å²) in [5, 5.41) is 3.39. The zero-order valence-corrected chi connectivity index (χ0v) is 12.1. The Bertz CT molecular complexity index is 288. The predicted octanol–water partition coefficient (Wildman–Crippen LogP) is 0.781. The van der Waals surface area contributed by atoms with Gasteiger partial charge < -0.3 is 19.7 Å². The van der Waals surface area contributed by atoms with Gasteiger partial charge >= 0.3 is 5.97 Å². The maximum Gasteiger partial charge on any atom is 0.323 e. The summed E-state index contributed by atoms with van der Waals surface area (Å²) < 4.78 is 10.5. The van der Waals surface area contributed by atoms with Crippen molar-refractivity contribution in [3.05, 3.63) is 0 Å². The predicted molar refractivity (Wildman–Crippen MR) is 73.0 cm³/mol. The third kappa shape index (κ3) is 4.75. The minimum Gasteiger partial charge on any atom is -0.465 e. The molecule has 2 aliphatic rings. The molecule has 0 bridgehead atoms. The molecule has 0 aromatic rings. The van der Waals surface area contributed by atoms with Gasteiger partial charge in [-0.1, -0.05) is 0 Å². The average molecular weight is 270 g/mol. The van der Waals surface area contributed by atoms with Crippen LogP contribution in [0.5, 0.6) is 0 Å². The van der Waals surface area contributed by atoms with Gasteiger partial charge in [0.15, 0.2) is 0 Å². The molecule has 0 aromatic heterocycles. The number of hydrogen-bond donors (Lipinski definition) is 1. The largest absolute Gasteiger partial charge is 0.465 e. The molecule has 1 N–H and O–H groups in total. The number of likely N-dealkylation sites (N-methyl/N-ethyl adjacent to an activating group) is 1. The molecule has 0 spiro atoms. The third-order valence-electron chi connectivity index (χ3n) is 3.88. The van der Waals surface area contributed by atoms with Crippen LogP contribution in [-0.4, -0.2) is 62.4 Å². The average Bonchev–Trinajstić information content (AvgIpc) is 3.04. The van der Waals surface area contributed by atoms with Crippen LogP contribution in [0.15, 0.2) is 0 Å². The summed E-state index contributed by atoms with van der Waals surface area (Å²) in [5.41, 5.74) is 0. The first-order valence-corrected chi connectivity index (χ1v) is 7.41. The molecule has 2 unspecified atom stereocenters. The number of nitrogens with one attached hydrogen (secondary N) is 1. The zero-order chi connectivity index (χ0) is 13.7. The molecule has 110 valence electrons. The number of ether oxygens (including phenoxy) is 2. The lowest BCUT2D eigenvalue weighted by Crippen LogP contribution is -2.43. The Morgan fingerprint density at radius 2 is 2.26 bits per heavy atom. The Kier molecular flexibility index (Phi) is 5.60. The Morgan fingerprint density at radius 3 is 2.84 bits per heavy atom. The Labute approximate surface area is 115 Å². The number of esters is 1. The van der Waals surface area contributed by atoms with Crippen molar-refractivity contribution >= 4 is 5.97 Å². The van der Waals surface area contributed by atoms with E-state index in [2.05, 4.69) is 17.3 Å². The third-order valence-corrected chi connectivity index (χ3v) is 3.88. The fraction of sp³-hybridized carbons (Fsp3) is 0.929. The second kappa shape index (κ2) is 7.22. The van der Waals surface area contributed by atoms with Crippen molar-refractivity contribution in [1.29, 1.82) is 0 Å². The first kappa shape index (κ1) is 14.8. The molecular weight excluding hydrogens is 244 g/mol. The van der Waals surface area contributed by atoms with Crippen LogP contribution in [-0.2, 0) is 14.3 Å². The van der Waals surface area contributed by atoms with Gasteiger partial charge in [-0.15, -0.1) is 0 Å². The van der Waals surface area contributed by atoms with Gasteiger partial charge in [0.1, 0.15) is 6.04 Å². The van der Waals surface area contributed by atoms with Gasteiger partial charge in [0.2, 0.25) is 0 Å². The van der Waals surface area contributed by atoms with E-state index >= 15 is 0 Å². The first-order chi connectivity index (χ1) is 9.20. The Morgan fingerprint density at radius 1 is 1.47 bits per heavy atom. The monoisotopic (exact) mass is 270 g/mol. The smallest absolute Gasteiger partial charge is 0.323 e. The topological polar surface area (TPSA) is 50.8 Å². The van der Waals surface area contributed by atoms with Gasteiger partial charge in [0.05, 0.1) is 13.2 Å². The highest BCUT2D eigenvalue weighted by atomic mass is 16.5. The van der Waals surface area contributed by atoms with Gasteiger partial charge in [0, 0.05) is 25.2 Å². The van der Waals surface area contributed by atoms with E-state index in [4.69, 9.17) is 9.47 Å². The van der Waals surface area contributed by atoms with Crippen molar-refractivity contribution in [2.75, 3.05) is 33.4 Å². The molecule has 1 aliphatic carbocycles. The highest BCUT2D eigenvalue weighted by Gasteiger charge is 2.30. The standard InChI is InChI=1S/C14H26N2O3/c1-3-19-14(17)13(15-11-4-5-11)6-8-16(2)12-7-9-18-10-12/h11-13,15H,3-10H2,1-2H3. The molecular formula is C14H26N2O3. The van der Waals surface area contributed by atoms with Crippen molar-refractivity contribution in [3.63, 3.8) is 0 Å². The zero-order valence-electron chi connectivity index (χ0n) is 12.1. The summed E-state index contributed by atoms with van der Waals surface area (Å²) in [6, 6.07) is 0.871. The van der Waals surface area contributed by atoms with Crippen LogP contribution >= 0.6 is 0 Å². The highest BCUT2D eigenvalue weighted by molar-refractivity contribution is 5.75. The van der Waals surface area contributed by atoms with Crippen molar-refractivity contribution in [2.24, 2.45) is 0 Å². The maximum atomic E-state index is 11.9. The van der Waals surface area contributed by atoms with Crippen LogP contribution in [0.4, 0.5) is 0 Å². The van der Waals surface area contributed by atoms with Crippen molar-refractivity contribution < 1.29 is 14.3 Å². The SMILES string of the molecule is CCOC(=O)C(CCN(C)C1CCOC1)NC1CC1. The lowest BCUT2D eigenvalue weighted by molar-refractivity contribution is -0.146. The normalized spacial score (nSPS) is 24.7. The molecule has 1 aliphatic heterocycles. The number of hydrogen-bond acceptors (Lipinski definition) is 5. The van der Waals surface area contributed by atoms with E-state index < -0.39 is 0 Å². The highest BCUT2D eigenvalue weighted by Crippen LogP contribution is 2.20. The molecule has 0 amide bonds. The molecule has 1 saturated heterocycles. The van der Waals surface area contributed by atoms with E-state index in [1.807, 2.05) is 6.92 Å². The van der Waals surface area contributed by atoms with Crippen LogP contribution in [0.3, 0.4) is 0 Å². The summed E-state index contributed by atoms with van der Waals surface area (Å²) in [6.45, 7) is 4.88. The van der Waals surface area contributed by atoms with Gasteiger partial charge in [-0.05, 0) is 39.7 Å².